The summed E-state index contributed by atoms with van der Waals surface area (Å²) >= 11 is 3.72. The van der Waals surface area contributed by atoms with E-state index >= 15 is 0 Å². The second-order valence-corrected chi connectivity index (χ2v) is 5.60. The predicted molar refractivity (Wildman–Crippen MR) is 71.3 cm³/mol. The Morgan fingerprint density at radius 3 is 2.73 bits per heavy atom. The van der Waals surface area contributed by atoms with Crippen molar-refractivity contribution in [1.29, 1.82) is 0 Å². The maximum absolute atomic E-state index is 3.27. The Morgan fingerprint density at radius 2 is 2.07 bits per heavy atom. The molecule has 1 aromatic rings. The SMILES string of the molecule is CCNSCc1ccc(CN(C)CC)s1. The van der Waals surface area contributed by atoms with E-state index in [-0.39, 0.29) is 0 Å². The molecule has 0 aliphatic heterocycles. The van der Waals surface area contributed by atoms with Gasteiger partial charge in [-0.25, -0.2) is 0 Å². The number of nitrogens with one attached hydrogen (secondary N) is 1. The average molecular weight is 244 g/mol. The molecule has 0 aromatic carbocycles. The third-order valence-electron chi connectivity index (χ3n) is 2.14. The van der Waals surface area contributed by atoms with Gasteiger partial charge in [-0.15, -0.1) is 11.3 Å². The van der Waals surface area contributed by atoms with Crippen molar-refractivity contribution in [2.75, 3.05) is 20.1 Å². The van der Waals surface area contributed by atoms with Gasteiger partial charge in [0.2, 0.25) is 0 Å². The van der Waals surface area contributed by atoms with Gasteiger partial charge in [0.1, 0.15) is 0 Å². The summed E-state index contributed by atoms with van der Waals surface area (Å²) in [5, 5.41) is 0. The molecule has 1 aromatic heterocycles. The van der Waals surface area contributed by atoms with Crippen molar-refractivity contribution in [3.8, 4) is 0 Å². The average Bonchev–Trinajstić information content (AvgIpc) is 2.66. The van der Waals surface area contributed by atoms with E-state index in [1.165, 1.54) is 9.75 Å². The lowest BCUT2D eigenvalue weighted by molar-refractivity contribution is 0.349. The van der Waals surface area contributed by atoms with E-state index in [1.54, 1.807) is 11.9 Å². The lowest BCUT2D eigenvalue weighted by atomic mass is 10.4. The summed E-state index contributed by atoms with van der Waals surface area (Å²) in [6.45, 7) is 7.53. The highest BCUT2D eigenvalue weighted by Gasteiger charge is 2.02. The molecule has 0 amide bonds. The molecule has 0 atom stereocenters. The highest BCUT2D eigenvalue weighted by Crippen LogP contribution is 2.21. The van der Waals surface area contributed by atoms with Crippen molar-refractivity contribution in [3.05, 3.63) is 21.9 Å². The summed E-state index contributed by atoms with van der Waals surface area (Å²) in [5.74, 6) is 1.08. The van der Waals surface area contributed by atoms with Gasteiger partial charge in [-0.1, -0.05) is 25.8 Å². The fraction of sp³-hybridized carbons (Fsp3) is 0.636. The molecule has 0 aliphatic carbocycles. The van der Waals surface area contributed by atoms with Crippen LogP contribution in [0.3, 0.4) is 0 Å². The summed E-state index contributed by atoms with van der Waals surface area (Å²) in [5.41, 5.74) is 0. The Hall–Kier alpha value is -0.0300. The molecule has 4 heteroatoms. The molecule has 0 aliphatic rings. The predicted octanol–water partition coefficient (Wildman–Crippen LogP) is 2.96. The smallest absolute Gasteiger partial charge is 0.0424 e. The molecular weight excluding hydrogens is 224 g/mol. The number of hydrogen-bond acceptors (Lipinski definition) is 4. The molecule has 0 unspecified atom stereocenters. The van der Waals surface area contributed by atoms with Crippen molar-refractivity contribution in [2.24, 2.45) is 0 Å². The highest BCUT2D eigenvalue weighted by molar-refractivity contribution is 7.96. The van der Waals surface area contributed by atoms with E-state index in [2.05, 4.69) is 42.6 Å². The lowest BCUT2D eigenvalue weighted by Crippen LogP contribution is -2.15. The molecule has 0 saturated carbocycles. The van der Waals surface area contributed by atoms with Crippen LogP contribution >= 0.6 is 23.3 Å². The highest BCUT2D eigenvalue weighted by atomic mass is 32.2. The van der Waals surface area contributed by atoms with Crippen LogP contribution < -0.4 is 4.72 Å². The fourth-order valence-corrected chi connectivity index (χ4v) is 3.04. The van der Waals surface area contributed by atoms with Gasteiger partial charge in [0.15, 0.2) is 0 Å². The number of hydrogen-bond donors (Lipinski definition) is 1. The maximum Gasteiger partial charge on any atom is 0.0424 e. The van der Waals surface area contributed by atoms with Crippen LogP contribution in [0.1, 0.15) is 23.6 Å². The Balaban J connectivity index is 2.35. The summed E-state index contributed by atoms with van der Waals surface area (Å²) in [4.78, 5) is 5.25. The molecular formula is C11H20N2S2. The second-order valence-electron chi connectivity index (χ2n) is 3.48. The van der Waals surface area contributed by atoms with Crippen LogP contribution in [0.5, 0.6) is 0 Å². The first-order chi connectivity index (χ1) is 7.26. The van der Waals surface area contributed by atoms with E-state index < -0.39 is 0 Å². The minimum Gasteiger partial charge on any atom is -0.302 e. The Morgan fingerprint density at radius 1 is 1.33 bits per heavy atom. The van der Waals surface area contributed by atoms with Crippen LogP contribution in [0, 0.1) is 0 Å². The van der Waals surface area contributed by atoms with Crippen molar-refractivity contribution in [3.63, 3.8) is 0 Å². The van der Waals surface area contributed by atoms with E-state index in [4.69, 9.17) is 0 Å². The van der Waals surface area contributed by atoms with Gasteiger partial charge < -0.3 is 4.90 Å². The zero-order chi connectivity index (χ0) is 11.1. The second kappa shape index (κ2) is 7.28. The van der Waals surface area contributed by atoms with Gasteiger partial charge in [-0.3, -0.25) is 4.72 Å². The Labute approximate surface area is 101 Å². The summed E-state index contributed by atoms with van der Waals surface area (Å²) in [7, 11) is 2.16. The molecule has 2 nitrogen and oxygen atoms in total. The molecule has 1 rings (SSSR count). The molecule has 1 N–H and O–H groups in total. The first-order valence-electron chi connectivity index (χ1n) is 5.37. The van der Waals surface area contributed by atoms with Gasteiger partial charge >= 0.3 is 0 Å². The zero-order valence-electron chi connectivity index (χ0n) is 9.75. The quantitative estimate of drug-likeness (QED) is 0.586. The van der Waals surface area contributed by atoms with Crippen molar-refractivity contribution in [1.82, 2.24) is 9.62 Å². The van der Waals surface area contributed by atoms with Gasteiger partial charge in [0, 0.05) is 28.6 Å². The van der Waals surface area contributed by atoms with Crippen LogP contribution in [0.4, 0.5) is 0 Å². The minimum atomic E-state index is 1.03. The van der Waals surface area contributed by atoms with Crippen LogP contribution in [-0.4, -0.2) is 25.0 Å². The minimum absolute atomic E-state index is 1.03. The number of thiophene rings is 1. The number of rotatable bonds is 7. The van der Waals surface area contributed by atoms with Gasteiger partial charge in [-0.05, 0) is 25.7 Å². The largest absolute Gasteiger partial charge is 0.302 e. The Kier molecular flexibility index (Phi) is 6.32. The van der Waals surface area contributed by atoms with Gasteiger partial charge in [0.25, 0.3) is 0 Å². The van der Waals surface area contributed by atoms with Crippen LogP contribution in [0.25, 0.3) is 0 Å². The fourth-order valence-electron chi connectivity index (χ4n) is 1.19. The third kappa shape index (κ3) is 5.02. The standard InChI is InChI=1S/C11H20N2S2/c1-4-12-14-9-11-7-6-10(15-11)8-13(3)5-2/h6-7,12H,4-5,8-9H2,1-3H3. The molecule has 0 saturated heterocycles. The molecule has 86 valence electrons. The zero-order valence-corrected chi connectivity index (χ0v) is 11.4. The summed E-state index contributed by atoms with van der Waals surface area (Å²) in [6.07, 6.45) is 0. The molecule has 0 radical (unpaired) electrons. The van der Waals surface area contributed by atoms with Crippen molar-refractivity contribution >= 4 is 23.3 Å². The third-order valence-corrected chi connectivity index (χ3v) is 4.34. The molecule has 0 spiro atoms. The molecule has 15 heavy (non-hydrogen) atoms. The molecule has 0 bridgehead atoms. The van der Waals surface area contributed by atoms with Gasteiger partial charge in [-0.2, -0.15) is 0 Å². The summed E-state index contributed by atoms with van der Waals surface area (Å²) in [6, 6.07) is 4.49. The first kappa shape index (κ1) is 13.0. The number of nitrogens with zero attached hydrogens (tertiary/aromatic N) is 1. The summed E-state index contributed by atoms with van der Waals surface area (Å²) < 4.78 is 3.27. The van der Waals surface area contributed by atoms with Gasteiger partial charge in [0.05, 0.1) is 0 Å². The van der Waals surface area contributed by atoms with Crippen LogP contribution in [0.2, 0.25) is 0 Å². The normalized spacial score (nSPS) is 11.2. The molecule has 0 fully saturated rings. The lowest BCUT2D eigenvalue weighted by Gasteiger charge is -2.11. The van der Waals surface area contributed by atoms with E-state index in [0.29, 0.717) is 0 Å². The van der Waals surface area contributed by atoms with Crippen molar-refractivity contribution in [2.45, 2.75) is 26.1 Å². The van der Waals surface area contributed by atoms with E-state index in [9.17, 15) is 0 Å². The van der Waals surface area contributed by atoms with Crippen LogP contribution in [-0.2, 0) is 12.3 Å². The maximum atomic E-state index is 3.27. The van der Waals surface area contributed by atoms with Crippen molar-refractivity contribution < 1.29 is 0 Å². The van der Waals surface area contributed by atoms with Crippen LogP contribution in [0.15, 0.2) is 12.1 Å². The molecule has 1 heterocycles. The first-order valence-corrected chi connectivity index (χ1v) is 7.17. The van der Waals surface area contributed by atoms with E-state index in [0.717, 1.165) is 25.4 Å². The topological polar surface area (TPSA) is 15.3 Å². The Bertz CT molecular complexity index is 273. The monoisotopic (exact) mass is 244 g/mol. The van der Waals surface area contributed by atoms with E-state index in [1.807, 2.05) is 11.3 Å².